The Morgan fingerprint density at radius 3 is 2.07 bits per heavy atom. The van der Waals surface area contributed by atoms with Crippen molar-refractivity contribution in [3.05, 3.63) is 42.5 Å². The summed E-state index contributed by atoms with van der Waals surface area (Å²) in [5.41, 5.74) is 9.56. The zero-order chi connectivity index (χ0) is 20.1. The van der Waals surface area contributed by atoms with Crippen LogP contribution < -0.4 is 10.5 Å². The Morgan fingerprint density at radius 2 is 1.50 bits per heavy atom. The van der Waals surface area contributed by atoms with Gasteiger partial charge in [-0.2, -0.15) is 0 Å². The van der Waals surface area contributed by atoms with Crippen LogP contribution in [-0.2, 0) is 0 Å². The molecule has 0 aliphatic heterocycles. The third-order valence-electron chi connectivity index (χ3n) is 4.77. The first-order valence-corrected chi connectivity index (χ1v) is 13.1. The third-order valence-corrected chi connectivity index (χ3v) is 7.20. The molecule has 0 amide bonds. The minimum absolute atomic E-state index is 0.714. The van der Waals surface area contributed by atoms with Gasteiger partial charge < -0.3 is 10.5 Å². The van der Waals surface area contributed by atoms with E-state index in [1.807, 2.05) is 6.07 Å². The first-order valence-electron chi connectivity index (χ1n) is 9.38. The lowest BCUT2D eigenvalue weighted by Crippen LogP contribution is -2.00. The summed E-state index contributed by atoms with van der Waals surface area (Å²) in [6, 6.07) is 15.2. The van der Waals surface area contributed by atoms with E-state index in [9.17, 15) is 0 Å². The Kier molecular flexibility index (Phi) is 7.49. The van der Waals surface area contributed by atoms with Gasteiger partial charge >= 0.3 is 0 Å². The summed E-state index contributed by atoms with van der Waals surface area (Å²) in [5.74, 6) is 0.883. The van der Waals surface area contributed by atoms with Crippen LogP contribution in [0.2, 0.25) is 0 Å². The lowest BCUT2D eigenvalue weighted by Gasteiger charge is -2.18. The molecule has 0 radical (unpaired) electrons. The van der Waals surface area contributed by atoms with Crippen LogP contribution in [-0.4, -0.2) is 25.4 Å². The highest BCUT2D eigenvalue weighted by atomic mass is 32.2. The van der Waals surface area contributed by atoms with Crippen molar-refractivity contribution in [2.24, 2.45) is 0 Å². The zero-order valence-electron chi connectivity index (χ0n) is 16.9. The maximum absolute atomic E-state index is 6.56. The van der Waals surface area contributed by atoms with Crippen molar-refractivity contribution in [2.75, 3.05) is 31.1 Å². The van der Waals surface area contributed by atoms with Crippen molar-refractivity contribution in [1.82, 2.24) is 0 Å². The molecule has 0 atom stereocenters. The minimum atomic E-state index is 0.714. The molecule has 148 valence electrons. The number of rotatable bonds is 8. The number of unbranched alkanes of at least 4 members (excludes halogenated alkanes) is 1. The molecule has 2 N–H and O–H groups in total. The van der Waals surface area contributed by atoms with E-state index in [0.29, 0.717) is 6.61 Å². The second-order valence-corrected chi connectivity index (χ2v) is 9.10. The summed E-state index contributed by atoms with van der Waals surface area (Å²) in [6.07, 6.45) is 8.49. The van der Waals surface area contributed by atoms with Crippen LogP contribution in [0.5, 0.6) is 5.75 Å². The molecular formula is C23H27NOS3. The molecule has 0 aromatic heterocycles. The highest BCUT2D eigenvalue weighted by Crippen LogP contribution is 2.44. The predicted octanol–water partition coefficient (Wildman–Crippen LogP) is 7.43. The van der Waals surface area contributed by atoms with Gasteiger partial charge in [0.05, 0.1) is 6.61 Å². The average molecular weight is 430 g/mol. The molecule has 3 aromatic rings. The second-order valence-electron chi connectivity index (χ2n) is 6.52. The Bertz CT molecular complexity index is 954. The normalized spacial score (nSPS) is 11.1. The van der Waals surface area contributed by atoms with E-state index in [0.717, 1.165) is 46.2 Å². The van der Waals surface area contributed by atoms with Crippen molar-refractivity contribution < 1.29 is 4.74 Å². The predicted molar refractivity (Wildman–Crippen MR) is 130 cm³/mol. The van der Waals surface area contributed by atoms with E-state index < -0.39 is 0 Å². The molecule has 28 heavy (non-hydrogen) atoms. The molecule has 2 nitrogen and oxygen atoms in total. The molecule has 3 aromatic carbocycles. The summed E-state index contributed by atoms with van der Waals surface area (Å²) in [7, 11) is 0. The van der Waals surface area contributed by atoms with Crippen LogP contribution in [0.15, 0.2) is 57.2 Å². The van der Waals surface area contributed by atoms with Crippen molar-refractivity contribution in [3.63, 3.8) is 0 Å². The first-order chi connectivity index (χ1) is 13.6. The van der Waals surface area contributed by atoms with Gasteiger partial charge in [-0.3, -0.25) is 0 Å². The van der Waals surface area contributed by atoms with Gasteiger partial charge in [-0.05, 0) is 60.4 Å². The van der Waals surface area contributed by atoms with Gasteiger partial charge in [0.15, 0.2) is 0 Å². The number of nitrogen functional groups attached to an aromatic ring is 1. The number of benzene rings is 3. The van der Waals surface area contributed by atoms with Gasteiger partial charge in [0, 0.05) is 37.4 Å². The van der Waals surface area contributed by atoms with Gasteiger partial charge in [0.1, 0.15) is 5.75 Å². The lowest BCUT2D eigenvalue weighted by atomic mass is 9.96. The molecule has 0 aliphatic carbocycles. The highest BCUT2D eigenvalue weighted by Gasteiger charge is 2.16. The van der Waals surface area contributed by atoms with Gasteiger partial charge in [0.2, 0.25) is 0 Å². The smallest absolute Gasteiger partial charge is 0.129 e. The fraction of sp³-hybridized carbons (Fsp3) is 0.304. The number of hydrogen-bond donors (Lipinski definition) is 1. The summed E-state index contributed by atoms with van der Waals surface area (Å²) in [4.78, 5) is 3.79. The molecular weight excluding hydrogens is 402 g/mol. The summed E-state index contributed by atoms with van der Waals surface area (Å²) >= 11 is 5.29. The molecule has 0 unspecified atom stereocenters. The van der Waals surface area contributed by atoms with Gasteiger partial charge in [0.25, 0.3) is 0 Å². The van der Waals surface area contributed by atoms with Gasteiger partial charge in [-0.15, -0.1) is 35.3 Å². The van der Waals surface area contributed by atoms with E-state index in [4.69, 9.17) is 10.5 Å². The van der Waals surface area contributed by atoms with E-state index in [1.54, 1.807) is 35.3 Å². The number of fused-ring (bicyclic) bond motifs is 1. The molecule has 0 saturated heterocycles. The first kappa shape index (κ1) is 21.3. The van der Waals surface area contributed by atoms with E-state index in [-0.39, 0.29) is 0 Å². The summed E-state index contributed by atoms with van der Waals surface area (Å²) in [6.45, 7) is 2.89. The molecule has 0 aliphatic rings. The lowest BCUT2D eigenvalue weighted by molar-refractivity contribution is 0.313. The standard InChI is InChI=1S/C23H27NOS3/c1-5-6-11-25-20-14-19(24)23(15-7-9-16(26-2)10-8-15)18-13-22(28-4)21(27-3)12-17(18)20/h7-10,12-14H,5-6,11,24H2,1-4H3. The van der Waals surface area contributed by atoms with Crippen molar-refractivity contribution >= 4 is 51.7 Å². The van der Waals surface area contributed by atoms with Crippen molar-refractivity contribution in [1.29, 1.82) is 0 Å². The molecule has 3 rings (SSSR count). The SMILES string of the molecule is CCCCOc1cc(N)c(-c2ccc(SC)cc2)c2cc(SC)c(SC)cc12. The molecule has 0 heterocycles. The van der Waals surface area contributed by atoms with Crippen LogP contribution in [0.4, 0.5) is 5.69 Å². The van der Waals surface area contributed by atoms with Gasteiger partial charge in [-0.1, -0.05) is 25.5 Å². The molecule has 0 bridgehead atoms. The van der Waals surface area contributed by atoms with Crippen LogP contribution in [0, 0.1) is 0 Å². The summed E-state index contributed by atoms with van der Waals surface area (Å²) < 4.78 is 6.14. The molecule has 0 fully saturated rings. The zero-order valence-corrected chi connectivity index (χ0v) is 19.3. The third kappa shape index (κ3) is 4.42. The van der Waals surface area contributed by atoms with Gasteiger partial charge in [-0.25, -0.2) is 0 Å². The Hall–Kier alpha value is -1.43. The number of hydrogen-bond acceptors (Lipinski definition) is 5. The number of ether oxygens (including phenoxy) is 1. The van der Waals surface area contributed by atoms with E-state index in [1.165, 1.54) is 14.7 Å². The Balaban J connectivity index is 2.24. The monoisotopic (exact) mass is 429 g/mol. The van der Waals surface area contributed by atoms with E-state index in [2.05, 4.69) is 62.1 Å². The fourth-order valence-electron chi connectivity index (χ4n) is 3.26. The Morgan fingerprint density at radius 1 is 0.857 bits per heavy atom. The number of thioether (sulfide) groups is 3. The maximum atomic E-state index is 6.56. The van der Waals surface area contributed by atoms with E-state index >= 15 is 0 Å². The second kappa shape index (κ2) is 9.86. The van der Waals surface area contributed by atoms with Crippen molar-refractivity contribution in [2.45, 2.75) is 34.5 Å². The average Bonchev–Trinajstić information content (AvgIpc) is 2.73. The number of nitrogens with two attached hydrogens (primary N) is 1. The largest absolute Gasteiger partial charge is 0.493 e. The molecule has 0 spiro atoms. The quantitative estimate of drug-likeness (QED) is 0.229. The fourth-order valence-corrected chi connectivity index (χ4v) is 5.16. The highest BCUT2D eigenvalue weighted by molar-refractivity contribution is 8.01. The Labute approximate surface area is 181 Å². The topological polar surface area (TPSA) is 35.2 Å². The van der Waals surface area contributed by atoms with Crippen LogP contribution >= 0.6 is 35.3 Å². The minimum Gasteiger partial charge on any atom is -0.493 e. The van der Waals surface area contributed by atoms with Crippen LogP contribution in [0.3, 0.4) is 0 Å². The van der Waals surface area contributed by atoms with Crippen LogP contribution in [0.25, 0.3) is 21.9 Å². The van der Waals surface area contributed by atoms with Crippen molar-refractivity contribution in [3.8, 4) is 16.9 Å². The maximum Gasteiger partial charge on any atom is 0.129 e. The number of anilines is 1. The van der Waals surface area contributed by atoms with Crippen LogP contribution in [0.1, 0.15) is 19.8 Å². The summed E-state index contributed by atoms with van der Waals surface area (Å²) in [5, 5.41) is 2.29. The molecule has 5 heteroatoms. The molecule has 0 saturated carbocycles.